The van der Waals surface area contributed by atoms with E-state index in [1.54, 1.807) is 24.4 Å². The van der Waals surface area contributed by atoms with Crippen LogP contribution in [-0.2, 0) is 0 Å². The third kappa shape index (κ3) is 4.12. The molecule has 1 unspecified atom stereocenters. The van der Waals surface area contributed by atoms with Gasteiger partial charge in [-0.1, -0.05) is 12.1 Å². The van der Waals surface area contributed by atoms with Crippen molar-refractivity contribution in [2.75, 3.05) is 11.9 Å². The zero-order chi connectivity index (χ0) is 14.6. The molecule has 0 radical (unpaired) electrons. The molecule has 1 heterocycles. The maximum absolute atomic E-state index is 12.2. The Bertz CT molecular complexity index is 543. The average Bonchev–Trinajstić information content (AvgIpc) is 2.90. The Morgan fingerprint density at radius 3 is 2.75 bits per heavy atom. The van der Waals surface area contributed by atoms with Gasteiger partial charge in [-0.2, -0.15) is 13.2 Å². The number of thiazole rings is 1. The molecular weight excluding hydrogens is 289 g/mol. The van der Waals surface area contributed by atoms with Crippen molar-refractivity contribution >= 4 is 17.0 Å². The van der Waals surface area contributed by atoms with Crippen LogP contribution in [0.5, 0.6) is 5.75 Å². The van der Waals surface area contributed by atoms with Crippen LogP contribution in [0, 0.1) is 0 Å². The highest BCUT2D eigenvalue weighted by Gasteiger charge is 2.28. The fraction of sp³-hybridized carbons (Fsp3) is 0.308. The van der Waals surface area contributed by atoms with E-state index in [4.69, 9.17) is 4.74 Å². The first-order chi connectivity index (χ1) is 9.46. The lowest BCUT2D eigenvalue weighted by molar-refractivity contribution is -0.153. The van der Waals surface area contributed by atoms with Crippen molar-refractivity contribution in [2.24, 2.45) is 0 Å². The number of rotatable bonds is 5. The summed E-state index contributed by atoms with van der Waals surface area (Å²) in [4.78, 5) is 4.16. The lowest BCUT2D eigenvalue weighted by Crippen LogP contribution is -2.20. The number of halogens is 3. The van der Waals surface area contributed by atoms with Crippen molar-refractivity contribution in [1.82, 2.24) is 4.98 Å². The van der Waals surface area contributed by atoms with E-state index in [0.29, 0.717) is 5.69 Å². The first kappa shape index (κ1) is 14.6. The summed E-state index contributed by atoms with van der Waals surface area (Å²) in [5, 5.41) is 5.81. The van der Waals surface area contributed by atoms with Crippen LogP contribution in [0.2, 0.25) is 0 Å². The summed E-state index contributed by atoms with van der Waals surface area (Å²) in [7, 11) is 0. The first-order valence-electron chi connectivity index (χ1n) is 5.90. The summed E-state index contributed by atoms with van der Waals surface area (Å²) >= 11 is 1.48. The fourth-order valence-electron chi connectivity index (χ4n) is 1.61. The largest absolute Gasteiger partial charge is 0.482 e. The third-order valence-electron chi connectivity index (χ3n) is 2.47. The van der Waals surface area contributed by atoms with Crippen LogP contribution in [0.4, 0.5) is 18.9 Å². The Morgan fingerprint density at radius 1 is 1.35 bits per heavy atom. The number of anilines is 1. The predicted molar refractivity (Wildman–Crippen MR) is 72.1 cm³/mol. The van der Waals surface area contributed by atoms with Gasteiger partial charge < -0.3 is 10.1 Å². The molecule has 20 heavy (non-hydrogen) atoms. The van der Waals surface area contributed by atoms with E-state index in [1.165, 1.54) is 17.4 Å². The highest BCUT2D eigenvalue weighted by Crippen LogP contribution is 2.29. The normalized spacial score (nSPS) is 13.0. The molecule has 0 aliphatic carbocycles. The van der Waals surface area contributed by atoms with Crippen LogP contribution in [0.25, 0.3) is 0 Å². The molecule has 0 aliphatic heterocycles. The van der Waals surface area contributed by atoms with Crippen molar-refractivity contribution in [3.05, 3.63) is 40.8 Å². The van der Waals surface area contributed by atoms with E-state index in [-0.39, 0.29) is 11.8 Å². The van der Waals surface area contributed by atoms with Gasteiger partial charge >= 0.3 is 6.18 Å². The van der Waals surface area contributed by atoms with Crippen LogP contribution >= 0.6 is 11.3 Å². The van der Waals surface area contributed by atoms with Gasteiger partial charge in [0, 0.05) is 11.6 Å². The molecule has 0 spiro atoms. The number of para-hydroxylation sites is 2. The van der Waals surface area contributed by atoms with E-state index in [2.05, 4.69) is 10.3 Å². The fourth-order valence-corrected chi connectivity index (χ4v) is 2.26. The van der Waals surface area contributed by atoms with Crippen LogP contribution in [0.15, 0.2) is 35.8 Å². The number of hydrogen-bond donors (Lipinski definition) is 1. The summed E-state index contributed by atoms with van der Waals surface area (Å²) in [6.07, 6.45) is -2.67. The van der Waals surface area contributed by atoms with Gasteiger partial charge in [-0.15, -0.1) is 11.3 Å². The molecule has 1 N–H and O–H groups in total. The summed E-state index contributed by atoms with van der Waals surface area (Å²) in [6, 6.07) is 6.44. The van der Waals surface area contributed by atoms with Gasteiger partial charge in [0.05, 0.1) is 11.7 Å². The second-order valence-electron chi connectivity index (χ2n) is 4.14. The number of alkyl halides is 3. The van der Waals surface area contributed by atoms with E-state index in [9.17, 15) is 13.2 Å². The highest BCUT2D eigenvalue weighted by molar-refractivity contribution is 7.09. The van der Waals surface area contributed by atoms with Gasteiger partial charge in [-0.25, -0.2) is 4.98 Å². The van der Waals surface area contributed by atoms with Crippen molar-refractivity contribution in [2.45, 2.75) is 19.1 Å². The van der Waals surface area contributed by atoms with E-state index >= 15 is 0 Å². The molecule has 2 rings (SSSR count). The van der Waals surface area contributed by atoms with Crippen LogP contribution in [-0.4, -0.2) is 17.8 Å². The van der Waals surface area contributed by atoms with Gasteiger partial charge in [0.15, 0.2) is 6.61 Å². The second kappa shape index (κ2) is 6.13. The van der Waals surface area contributed by atoms with Crippen molar-refractivity contribution < 1.29 is 17.9 Å². The standard InChI is InChI=1S/C13H13F3N2OS/c1-9(12-17-6-7-20-12)18-10-4-2-3-5-11(10)19-8-13(14,15)16/h2-7,9,18H,8H2,1H3. The lowest BCUT2D eigenvalue weighted by atomic mass is 10.2. The van der Waals surface area contributed by atoms with Crippen LogP contribution < -0.4 is 10.1 Å². The molecular formula is C13H13F3N2OS. The zero-order valence-corrected chi connectivity index (χ0v) is 11.5. The number of ether oxygens (including phenoxy) is 1. The quantitative estimate of drug-likeness (QED) is 0.896. The molecule has 1 atom stereocenters. The summed E-state index contributed by atoms with van der Waals surface area (Å²) in [5.41, 5.74) is 0.513. The highest BCUT2D eigenvalue weighted by atomic mass is 32.1. The number of aromatic nitrogens is 1. The number of nitrogens with zero attached hydrogens (tertiary/aromatic N) is 1. The van der Waals surface area contributed by atoms with Crippen LogP contribution in [0.1, 0.15) is 18.0 Å². The average molecular weight is 302 g/mol. The molecule has 0 bridgehead atoms. The van der Waals surface area contributed by atoms with E-state index in [0.717, 1.165) is 5.01 Å². The van der Waals surface area contributed by atoms with Gasteiger partial charge in [-0.05, 0) is 19.1 Å². The number of hydrogen-bond acceptors (Lipinski definition) is 4. The third-order valence-corrected chi connectivity index (χ3v) is 3.43. The molecule has 3 nitrogen and oxygen atoms in total. The summed E-state index contributed by atoms with van der Waals surface area (Å²) < 4.78 is 41.4. The van der Waals surface area contributed by atoms with Crippen molar-refractivity contribution in [1.29, 1.82) is 0 Å². The maximum atomic E-state index is 12.2. The van der Waals surface area contributed by atoms with Gasteiger partial charge in [0.2, 0.25) is 0 Å². The first-order valence-corrected chi connectivity index (χ1v) is 6.78. The van der Waals surface area contributed by atoms with Gasteiger partial charge in [-0.3, -0.25) is 0 Å². The Labute approximate surface area is 118 Å². The monoisotopic (exact) mass is 302 g/mol. The smallest absolute Gasteiger partial charge is 0.422 e. The van der Waals surface area contributed by atoms with Gasteiger partial charge in [0.1, 0.15) is 10.8 Å². The summed E-state index contributed by atoms with van der Waals surface area (Å²) in [5.74, 6) is 0.174. The molecule has 0 saturated heterocycles. The minimum atomic E-state index is -4.35. The lowest BCUT2D eigenvalue weighted by Gasteiger charge is -2.17. The molecule has 2 aromatic rings. The topological polar surface area (TPSA) is 34.1 Å². The zero-order valence-electron chi connectivity index (χ0n) is 10.6. The molecule has 7 heteroatoms. The Balaban J connectivity index is 2.08. The molecule has 1 aromatic heterocycles. The predicted octanol–water partition coefficient (Wildman–Crippen LogP) is 4.26. The molecule has 1 aromatic carbocycles. The molecule has 0 amide bonds. The van der Waals surface area contributed by atoms with Crippen LogP contribution in [0.3, 0.4) is 0 Å². The Morgan fingerprint density at radius 2 is 2.10 bits per heavy atom. The Kier molecular flexibility index (Phi) is 4.49. The minimum Gasteiger partial charge on any atom is -0.482 e. The van der Waals surface area contributed by atoms with E-state index < -0.39 is 12.8 Å². The van der Waals surface area contributed by atoms with Crippen molar-refractivity contribution in [3.8, 4) is 5.75 Å². The summed E-state index contributed by atoms with van der Waals surface area (Å²) in [6.45, 7) is 0.580. The molecule has 0 aliphatic rings. The maximum Gasteiger partial charge on any atom is 0.422 e. The molecule has 108 valence electrons. The van der Waals surface area contributed by atoms with Crippen molar-refractivity contribution in [3.63, 3.8) is 0 Å². The van der Waals surface area contributed by atoms with Gasteiger partial charge in [0.25, 0.3) is 0 Å². The Hall–Kier alpha value is -1.76. The molecule has 0 fully saturated rings. The van der Waals surface area contributed by atoms with E-state index in [1.807, 2.05) is 12.3 Å². The number of nitrogens with one attached hydrogen (secondary N) is 1. The minimum absolute atomic E-state index is 0.106. The SMILES string of the molecule is CC(Nc1ccccc1OCC(F)(F)F)c1nccs1. The second-order valence-corrected chi connectivity index (χ2v) is 5.06. The molecule has 0 saturated carbocycles. The number of benzene rings is 1.